The van der Waals surface area contributed by atoms with E-state index >= 15 is 0 Å². The van der Waals surface area contributed by atoms with Gasteiger partial charge in [0.2, 0.25) is 15.9 Å². The first-order valence-corrected chi connectivity index (χ1v) is 9.74. The van der Waals surface area contributed by atoms with Crippen LogP contribution < -0.4 is 4.72 Å². The fraction of sp³-hybridized carbons (Fsp3) is 0.533. The van der Waals surface area contributed by atoms with Gasteiger partial charge in [-0.2, -0.15) is 0 Å². The van der Waals surface area contributed by atoms with E-state index in [-0.39, 0.29) is 36.0 Å². The summed E-state index contributed by atoms with van der Waals surface area (Å²) in [6.07, 6.45) is 0.134. The molecule has 8 heteroatoms. The van der Waals surface area contributed by atoms with Gasteiger partial charge >= 0.3 is 0 Å². The average molecular weight is 405 g/mol. The zero-order chi connectivity index (χ0) is 17.0. The van der Waals surface area contributed by atoms with Gasteiger partial charge in [0, 0.05) is 30.5 Å². The first-order valence-electron chi connectivity index (χ1n) is 7.46. The van der Waals surface area contributed by atoms with Crippen LogP contribution in [0.3, 0.4) is 0 Å². The Labute approximate surface area is 145 Å². The third-order valence-electron chi connectivity index (χ3n) is 3.51. The Bertz CT molecular complexity index is 655. The van der Waals surface area contributed by atoms with E-state index in [9.17, 15) is 13.2 Å². The van der Waals surface area contributed by atoms with Crippen molar-refractivity contribution in [2.75, 3.05) is 19.6 Å². The number of ether oxygens (including phenoxy) is 1. The minimum Gasteiger partial charge on any atom is -0.372 e. The number of nitrogens with zero attached hydrogens (tertiary/aromatic N) is 1. The number of halogens is 1. The highest BCUT2D eigenvalue weighted by Gasteiger charge is 2.25. The number of rotatable bonds is 5. The highest BCUT2D eigenvalue weighted by Crippen LogP contribution is 2.16. The smallest absolute Gasteiger partial charge is 0.240 e. The molecule has 1 aliphatic heterocycles. The van der Waals surface area contributed by atoms with Gasteiger partial charge in [0.25, 0.3) is 0 Å². The van der Waals surface area contributed by atoms with Crippen molar-refractivity contribution in [2.45, 2.75) is 37.4 Å². The van der Waals surface area contributed by atoms with Crippen LogP contribution in [-0.4, -0.2) is 51.1 Å². The summed E-state index contributed by atoms with van der Waals surface area (Å²) in [4.78, 5) is 14.1. The fourth-order valence-electron chi connectivity index (χ4n) is 2.55. The van der Waals surface area contributed by atoms with Crippen LogP contribution in [0.1, 0.15) is 20.3 Å². The Hall–Kier alpha value is -0.960. The van der Waals surface area contributed by atoms with E-state index in [1.165, 1.54) is 12.1 Å². The van der Waals surface area contributed by atoms with Crippen LogP contribution in [0.15, 0.2) is 33.6 Å². The summed E-state index contributed by atoms with van der Waals surface area (Å²) >= 11 is 3.24. The average Bonchev–Trinajstić information content (AvgIpc) is 2.46. The van der Waals surface area contributed by atoms with Crippen molar-refractivity contribution in [3.63, 3.8) is 0 Å². The Balaban J connectivity index is 1.88. The molecule has 1 aromatic rings. The molecule has 0 aliphatic carbocycles. The van der Waals surface area contributed by atoms with Crippen molar-refractivity contribution in [3.05, 3.63) is 28.7 Å². The molecule has 1 N–H and O–H groups in total. The molecule has 0 aromatic heterocycles. The molecule has 2 atom stereocenters. The lowest BCUT2D eigenvalue weighted by molar-refractivity contribution is -0.143. The van der Waals surface area contributed by atoms with Crippen LogP contribution in [0.2, 0.25) is 0 Å². The lowest BCUT2D eigenvalue weighted by atomic mass is 10.2. The molecule has 2 unspecified atom stereocenters. The zero-order valence-corrected chi connectivity index (χ0v) is 15.6. The number of carbonyl (C=O) groups is 1. The predicted molar refractivity (Wildman–Crippen MR) is 90.5 cm³/mol. The Morgan fingerprint density at radius 3 is 2.61 bits per heavy atom. The first-order chi connectivity index (χ1) is 10.8. The molecule has 0 radical (unpaired) electrons. The van der Waals surface area contributed by atoms with Crippen LogP contribution in [0.25, 0.3) is 0 Å². The standard InChI is InChI=1S/C15H21BrN2O4S/c1-11-9-18(10-12(2)22-11)15(19)6-7-17-23(20,21)14-5-3-4-13(16)8-14/h3-5,8,11-12,17H,6-7,9-10H2,1-2H3. The van der Waals surface area contributed by atoms with Crippen LogP contribution in [0, 0.1) is 0 Å². The lowest BCUT2D eigenvalue weighted by Crippen LogP contribution is -2.48. The number of benzene rings is 1. The van der Waals surface area contributed by atoms with E-state index < -0.39 is 10.0 Å². The number of sulfonamides is 1. The second kappa shape index (κ2) is 7.74. The molecule has 2 rings (SSSR count). The molecule has 1 saturated heterocycles. The maximum atomic E-state index is 12.2. The maximum Gasteiger partial charge on any atom is 0.240 e. The summed E-state index contributed by atoms with van der Waals surface area (Å²) in [6, 6.07) is 6.44. The summed E-state index contributed by atoms with van der Waals surface area (Å²) in [6.45, 7) is 5.01. The first kappa shape index (κ1) is 18.4. The molecule has 1 amide bonds. The van der Waals surface area contributed by atoms with Crippen molar-refractivity contribution in [2.24, 2.45) is 0 Å². The Kier molecular flexibility index (Phi) is 6.19. The van der Waals surface area contributed by atoms with Gasteiger partial charge in [0.05, 0.1) is 17.1 Å². The number of hydrogen-bond donors (Lipinski definition) is 1. The van der Waals surface area contributed by atoms with Gasteiger partial charge in [-0.1, -0.05) is 22.0 Å². The number of carbonyl (C=O) groups excluding carboxylic acids is 1. The minimum absolute atomic E-state index is 0.000982. The van der Waals surface area contributed by atoms with Crippen LogP contribution in [0.5, 0.6) is 0 Å². The van der Waals surface area contributed by atoms with Gasteiger partial charge in [0.15, 0.2) is 0 Å². The van der Waals surface area contributed by atoms with Crippen LogP contribution in [0.4, 0.5) is 0 Å². The largest absolute Gasteiger partial charge is 0.372 e. The van der Waals surface area contributed by atoms with Crippen molar-refractivity contribution in [3.8, 4) is 0 Å². The lowest BCUT2D eigenvalue weighted by Gasteiger charge is -2.35. The van der Waals surface area contributed by atoms with Gasteiger partial charge in [-0.25, -0.2) is 13.1 Å². The number of amides is 1. The molecule has 0 spiro atoms. The molecule has 6 nitrogen and oxygen atoms in total. The summed E-state index contributed by atoms with van der Waals surface area (Å²) in [5, 5.41) is 0. The van der Waals surface area contributed by atoms with E-state index in [0.29, 0.717) is 17.6 Å². The second-order valence-corrected chi connectivity index (χ2v) is 8.34. The molecule has 128 valence electrons. The zero-order valence-electron chi connectivity index (χ0n) is 13.2. The fourth-order valence-corrected chi connectivity index (χ4v) is 4.18. The highest BCUT2D eigenvalue weighted by atomic mass is 79.9. The van der Waals surface area contributed by atoms with Crippen LogP contribution >= 0.6 is 15.9 Å². The summed E-state index contributed by atoms with van der Waals surface area (Å²) in [5.74, 6) is -0.0658. The van der Waals surface area contributed by atoms with E-state index in [0.717, 1.165) is 0 Å². The van der Waals surface area contributed by atoms with Gasteiger partial charge in [-0.15, -0.1) is 0 Å². The Morgan fingerprint density at radius 1 is 1.35 bits per heavy atom. The monoisotopic (exact) mass is 404 g/mol. The van der Waals surface area contributed by atoms with E-state index in [2.05, 4.69) is 20.7 Å². The van der Waals surface area contributed by atoms with Crippen molar-refractivity contribution < 1.29 is 17.9 Å². The maximum absolute atomic E-state index is 12.2. The summed E-state index contributed by atoms with van der Waals surface area (Å²) < 4.78 is 33.1. The van der Waals surface area contributed by atoms with Gasteiger partial charge in [0.1, 0.15) is 0 Å². The highest BCUT2D eigenvalue weighted by molar-refractivity contribution is 9.10. The summed E-state index contributed by atoms with van der Waals surface area (Å²) in [7, 11) is -3.61. The molecular formula is C15H21BrN2O4S. The van der Waals surface area contributed by atoms with Crippen LogP contribution in [-0.2, 0) is 19.6 Å². The SMILES string of the molecule is CC1CN(C(=O)CCNS(=O)(=O)c2cccc(Br)c2)CC(C)O1. The molecule has 0 bridgehead atoms. The molecular weight excluding hydrogens is 384 g/mol. The number of nitrogens with one attached hydrogen (secondary N) is 1. The Morgan fingerprint density at radius 2 is 2.00 bits per heavy atom. The van der Waals surface area contributed by atoms with Crippen molar-refractivity contribution in [1.82, 2.24) is 9.62 Å². The minimum atomic E-state index is -3.61. The van der Waals surface area contributed by atoms with E-state index in [4.69, 9.17) is 4.74 Å². The number of morpholine rings is 1. The molecule has 23 heavy (non-hydrogen) atoms. The van der Waals surface area contributed by atoms with Gasteiger partial charge < -0.3 is 9.64 Å². The number of hydrogen-bond acceptors (Lipinski definition) is 4. The molecule has 1 heterocycles. The van der Waals surface area contributed by atoms with E-state index in [1.54, 1.807) is 17.0 Å². The quantitative estimate of drug-likeness (QED) is 0.810. The summed E-state index contributed by atoms with van der Waals surface area (Å²) in [5.41, 5.74) is 0. The van der Waals surface area contributed by atoms with Gasteiger partial charge in [-0.05, 0) is 32.0 Å². The molecule has 0 saturated carbocycles. The normalized spacial score (nSPS) is 22.1. The van der Waals surface area contributed by atoms with Gasteiger partial charge in [-0.3, -0.25) is 4.79 Å². The molecule has 1 aliphatic rings. The molecule has 1 fully saturated rings. The second-order valence-electron chi connectivity index (χ2n) is 5.66. The van der Waals surface area contributed by atoms with Crippen molar-refractivity contribution >= 4 is 31.9 Å². The van der Waals surface area contributed by atoms with E-state index in [1.807, 2.05) is 13.8 Å². The third kappa shape index (κ3) is 5.27. The predicted octanol–water partition coefficient (Wildman–Crippen LogP) is 1.75. The van der Waals surface area contributed by atoms with Crippen molar-refractivity contribution in [1.29, 1.82) is 0 Å². The molecule has 1 aromatic carbocycles. The third-order valence-corrected chi connectivity index (χ3v) is 5.46. The topological polar surface area (TPSA) is 75.7 Å².